The maximum Gasteiger partial charge on any atom is 0.232 e. The summed E-state index contributed by atoms with van der Waals surface area (Å²) in [5.74, 6) is 1.06. The van der Waals surface area contributed by atoms with Gasteiger partial charge in [-0.15, -0.1) is 0 Å². The number of nitrogens with one attached hydrogen (secondary N) is 1. The Morgan fingerprint density at radius 2 is 1.72 bits per heavy atom. The number of carbonyl (C=O) groups is 1. The number of nitrogens with zero attached hydrogens (tertiary/aromatic N) is 1. The largest absolute Gasteiger partial charge is 0.495 e. The standard InChI is InChI=1S/C24H28N2O5S/c1-30-23-11-6-5-10-22(23)26(32(2,28)29)16-7-12-24(27)25-15-17-31-21-14-13-19-8-3-4-9-20(19)18-21/h3-6,8-11,13-14,18H,7,12,15-17H2,1-2H3,(H,25,27). The van der Waals surface area contributed by atoms with Crippen molar-refractivity contribution in [2.75, 3.05) is 37.4 Å². The summed E-state index contributed by atoms with van der Waals surface area (Å²) in [5.41, 5.74) is 0.460. The van der Waals surface area contributed by atoms with E-state index in [4.69, 9.17) is 9.47 Å². The minimum Gasteiger partial charge on any atom is -0.495 e. The second kappa shape index (κ2) is 10.9. The van der Waals surface area contributed by atoms with Gasteiger partial charge in [-0.1, -0.05) is 42.5 Å². The Kier molecular flexibility index (Phi) is 7.94. The summed E-state index contributed by atoms with van der Waals surface area (Å²) in [7, 11) is -2.02. The number of carbonyl (C=O) groups excluding carboxylic acids is 1. The van der Waals surface area contributed by atoms with Crippen LogP contribution in [0.2, 0.25) is 0 Å². The Balaban J connectivity index is 1.44. The summed E-state index contributed by atoms with van der Waals surface area (Å²) >= 11 is 0. The minimum atomic E-state index is -3.51. The molecule has 0 saturated carbocycles. The Morgan fingerprint density at radius 1 is 1.00 bits per heavy atom. The SMILES string of the molecule is COc1ccccc1N(CCCC(=O)NCCOc1ccc2ccccc2c1)S(C)(=O)=O. The molecule has 0 aliphatic heterocycles. The van der Waals surface area contributed by atoms with Gasteiger partial charge in [0, 0.05) is 13.0 Å². The number of anilines is 1. The Bertz CT molecular complexity index is 1160. The second-order valence-electron chi connectivity index (χ2n) is 7.32. The molecule has 0 saturated heterocycles. The zero-order valence-corrected chi connectivity index (χ0v) is 19.1. The molecule has 0 atom stereocenters. The van der Waals surface area contributed by atoms with E-state index in [9.17, 15) is 13.2 Å². The highest BCUT2D eigenvalue weighted by atomic mass is 32.2. The van der Waals surface area contributed by atoms with E-state index in [0.717, 1.165) is 22.8 Å². The lowest BCUT2D eigenvalue weighted by Gasteiger charge is -2.24. The van der Waals surface area contributed by atoms with E-state index in [2.05, 4.69) is 5.32 Å². The van der Waals surface area contributed by atoms with Gasteiger partial charge in [-0.05, 0) is 41.5 Å². The van der Waals surface area contributed by atoms with Crippen molar-refractivity contribution < 1.29 is 22.7 Å². The fourth-order valence-electron chi connectivity index (χ4n) is 3.39. The molecule has 170 valence electrons. The maximum absolute atomic E-state index is 12.3. The highest BCUT2D eigenvalue weighted by Crippen LogP contribution is 2.29. The highest BCUT2D eigenvalue weighted by molar-refractivity contribution is 7.92. The van der Waals surface area contributed by atoms with Gasteiger partial charge in [-0.25, -0.2) is 8.42 Å². The Hall–Kier alpha value is -3.26. The topological polar surface area (TPSA) is 84.9 Å². The fourth-order valence-corrected chi connectivity index (χ4v) is 4.36. The van der Waals surface area contributed by atoms with E-state index in [1.807, 2.05) is 42.5 Å². The van der Waals surface area contributed by atoms with Crippen LogP contribution in [-0.2, 0) is 14.8 Å². The first kappa shape index (κ1) is 23.4. The number of hydrogen-bond acceptors (Lipinski definition) is 5. The zero-order valence-electron chi connectivity index (χ0n) is 18.3. The van der Waals surface area contributed by atoms with Crippen molar-refractivity contribution in [2.45, 2.75) is 12.8 Å². The predicted octanol–water partition coefficient (Wildman–Crippen LogP) is 3.59. The summed E-state index contributed by atoms with van der Waals surface area (Å²) in [5, 5.41) is 5.05. The van der Waals surface area contributed by atoms with E-state index in [0.29, 0.717) is 31.0 Å². The summed E-state index contributed by atoms with van der Waals surface area (Å²) < 4.78 is 36.8. The van der Waals surface area contributed by atoms with Gasteiger partial charge in [0.15, 0.2) is 0 Å². The number of rotatable bonds is 11. The smallest absolute Gasteiger partial charge is 0.232 e. The molecule has 0 radical (unpaired) electrons. The monoisotopic (exact) mass is 456 g/mol. The lowest BCUT2D eigenvalue weighted by Crippen LogP contribution is -2.33. The third kappa shape index (κ3) is 6.37. The number of ether oxygens (including phenoxy) is 2. The molecular weight excluding hydrogens is 428 g/mol. The number of sulfonamides is 1. The third-order valence-corrected chi connectivity index (χ3v) is 6.11. The Morgan fingerprint density at radius 3 is 2.47 bits per heavy atom. The van der Waals surface area contributed by atoms with Crippen LogP contribution < -0.4 is 19.1 Å². The highest BCUT2D eigenvalue weighted by Gasteiger charge is 2.20. The quantitative estimate of drug-likeness (QED) is 0.446. The molecule has 0 heterocycles. The number of methoxy groups -OCH3 is 1. The molecule has 8 heteroatoms. The van der Waals surface area contributed by atoms with Crippen LogP contribution in [0, 0.1) is 0 Å². The van der Waals surface area contributed by atoms with Crippen LogP contribution in [0.3, 0.4) is 0 Å². The molecule has 0 aromatic heterocycles. The lowest BCUT2D eigenvalue weighted by molar-refractivity contribution is -0.121. The summed E-state index contributed by atoms with van der Waals surface area (Å²) in [6.07, 6.45) is 1.73. The first-order valence-electron chi connectivity index (χ1n) is 10.4. The van der Waals surface area contributed by atoms with Gasteiger partial charge in [0.05, 0.1) is 25.6 Å². The van der Waals surface area contributed by atoms with Crippen molar-refractivity contribution in [2.24, 2.45) is 0 Å². The van der Waals surface area contributed by atoms with E-state index in [1.165, 1.54) is 11.4 Å². The van der Waals surface area contributed by atoms with Crippen LogP contribution in [0.5, 0.6) is 11.5 Å². The number of amides is 1. The van der Waals surface area contributed by atoms with Crippen molar-refractivity contribution in [1.82, 2.24) is 5.32 Å². The van der Waals surface area contributed by atoms with Crippen LogP contribution in [-0.4, -0.2) is 47.4 Å². The van der Waals surface area contributed by atoms with Crippen molar-refractivity contribution in [3.05, 3.63) is 66.7 Å². The van der Waals surface area contributed by atoms with Gasteiger partial charge >= 0.3 is 0 Å². The van der Waals surface area contributed by atoms with Crippen LogP contribution in [0.15, 0.2) is 66.7 Å². The molecule has 0 spiro atoms. The number of hydrogen-bond donors (Lipinski definition) is 1. The molecule has 0 unspecified atom stereocenters. The van der Waals surface area contributed by atoms with Crippen molar-refractivity contribution in [3.8, 4) is 11.5 Å². The number of benzene rings is 3. The van der Waals surface area contributed by atoms with Crippen LogP contribution in [0.1, 0.15) is 12.8 Å². The third-order valence-electron chi connectivity index (χ3n) is 4.93. The van der Waals surface area contributed by atoms with Crippen molar-refractivity contribution in [3.63, 3.8) is 0 Å². The lowest BCUT2D eigenvalue weighted by atomic mass is 10.1. The van der Waals surface area contributed by atoms with E-state index in [1.54, 1.807) is 24.3 Å². The molecule has 32 heavy (non-hydrogen) atoms. The summed E-state index contributed by atoms with van der Waals surface area (Å²) in [6, 6.07) is 20.8. The second-order valence-corrected chi connectivity index (χ2v) is 9.22. The van der Waals surface area contributed by atoms with Crippen molar-refractivity contribution in [1.29, 1.82) is 0 Å². The molecule has 1 amide bonds. The average molecular weight is 457 g/mol. The normalized spacial score (nSPS) is 11.2. The molecule has 1 N–H and O–H groups in total. The molecule has 3 aromatic carbocycles. The van der Waals surface area contributed by atoms with Crippen LogP contribution in [0.25, 0.3) is 10.8 Å². The van der Waals surface area contributed by atoms with E-state index >= 15 is 0 Å². The first-order chi connectivity index (χ1) is 15.4. The molecule has 0 aliphatic rings. The first-order valence-corrected chi connectivity index (χ1v) is 12.2. The summed E-state index contributed by atoms with van der Waals surface area (Å²) in [4.78, 5) is 12.2. The number of para-hydroxylation sites is 2. The molecule has 7 nitrogen and oxygen atoms in total. The van der Waals surface area contributed by atoms with Crippen LogP contribution >= 0.6 is 0 Å². The van der Waals surface area contributed by atoms with E-state index in [-0.39, 0.29) is 18.9 Å². The minimum absolute atomic E-state index is 0.152. The van der Waals surface area contributed by atoms with Gasteiger partial charge in [0.2, 0.25) is 15.9 Å². The Labute approximate surface area is 189 Å². The van der Waals surface area contributed by atoms with Gasteiger partial charge < -0.3 is 14.8 Å². The maximum atomic E-state index is 12.3. The van der Waals surface area contributed by atoms with Crippen molar-refractivity contribution >= 4 is 32.4 Å². The zero-order chi connectivity index (χ0) is 23.0. The predicted molar refractivity (Wildman–Crippen MR) is 127 cm³/mol. The molecule has 0 aliphatic carbocycles. The van der Waals surface area contributed by atoms with Crippen LogP contribution in [0.4, 0.5) is 5.69 Å². The van der Waals surface area contributed by atoms with Gasteiger partial charge in [-0.2, -0.15) is 0 Å². The van der Waals surface area contributed by atoms with Gasteiger partial charge in [0.25, 0.3) is 0 Å². The molecule has 0 bridgehead atoms. The number of fused-ring (bicyclic) bond motifs is 1. The van der Waals surface area contributed by atoms with Gasteiger partial charge in [0.1, 0.15) is 18.1 Å². The summed E-state index contributed by atoms with van der Waals surface area (Å²) in [6.45, 7) is 0.898. The molecule has 3 aromatic rings. The average Bonchev–Trinajstić information content (AvgIpc) is 2.78. The molecule has 3 rings (SSSR count). The fraction of sp³-hybridized carbons (Fsp3) is 0.292. The van der Waals surface area contributed by atoms with E-state index < -0.39 is 10.0 Å². The van der Waals surface area contributed by atoms with Gasteiger partial charge in [-0.3, -0.25) is 9.10 Å². The molecule has 0 fully saturated rings. The molecular formula is C24H28N2O5S.